The van der Waals surface area contributed by atoms with Crippen LogP contribution >= 0.6 is 39.3 Å². The molecule has 1 nitrogen and oxygen atoms in total. The van der Waals surface area contributed by atoms with Crippen molar-refractivity contribution < 1.29 is 0 Å². The summed E-state index contributed by atoms with van der Waals surface area (Å²) in [5.41, 5.74) is 1.16. The molecule has 0 bridgehead atoms. The Balaban J connectivity index is 2.26. The molecule has 0 aromatic heterocycles. The third-order valence-corrected chi connectivity index (χ3v) is 4.59. The lowest BCUT2D eigenvalue weighted by Gasteiger charge is -2.11. The van der Waals surface area contributed by atoms with Crippen LogP contribution < -0.4 is 5.32 Å². The minimum atomic E-state index is 0.798. The Morgan fingerprint density at radius 2 is 2.00 bits per heavy atom. The molecule has 0 radical (unpaired) electrons. The molecule has 0 spiro atoms. The molecule has 0 fully saturated rings. The van der Waals surface area contributed by atoms with Crippen molar-refractivity contribution in [2.75, 3.05) is 6.54 Å². The summed E-state index contributed by atoms with van der Waals surface area (Å²) < 4.78 is 1.09. The van der Waals surface area contributed by atoms with Crippen molar-refractivity contribution >= 4 is 39.3 Å². The molecule has 1 N–H and O–H groups in total. The van der Waals surface area contributed by atoms with Gasteiger partial charge < -0.3 is 5.32 Å². The second-order valence-electron chi connectivity index (χ2n) is 4.06. The maximum absolute atomic E-state index is 6.30. The van der Waals surface area contributed by atoms with Crippen molar-refractivity contribution in [1.29, 1.82) is 0 Å². The normalized spacial score (nSPS) is 10.7. The smallest absolute Gasteiger partial charge is 0.0462 e. The van der Waals surface area contributed by atoms with E-state index in [9.17, 15) is 0 Å². The first-order chi connectivity index (χ1) is 9.20. The molecule has 0 saturated heterocycles. The monoisotopic (exact) mass is 355 g/mol. The van der Waals surface area contributed by atoms with Gasteiger partial charge in [-0.25, -0.2) is 0 Å². The van der Waals surface area contributed by atoms with E-state index in [1.54, 1.807) is 11.8 Å². The van der Waals surface area contributed by atoms with Crippen LogP contribution in [-0.4, -0.2) is 6.54 Å². The molecule has 4 heteroatoms. The second kappa shape index (κ2) is 7.34. The van der Waals surface area contributed by atoms with Crippen molar-refractivity contribution in [2.45, 2.75) is 23.3 Å². The van der Waals surface area contributed by atoms with Crippen molar-refractivity contribution in [2.24, 2.45) is 0 Å². The van der Waals surface area contributed by atoms with E-state index in [0.29, 0.717) is 0 Å². The van der Waals surface area contributed by atoms with E-state index in [1.165, 1.54) is 9.79 Å². The van der Waals surface area contributed by atoms with Crippen LogP contribution in [0.15, 0.2) is 56.7 Å². The fourth-order valence-electron chi connectivity index (χ4n) is 1.71. The Bertz CT molecular complexity index is 560. The predicted molar refractivity (Wildman–Crippen MR) is 87.1 cm³/mol. The van der Waals surface area contributed by atoms with E-state index in [1.807, 2.05) is 24.3 Å². The Labute approximate surface area is 131 Å². The first-order valence-corrected chi connectivity index (χ1v) is 8.11. The Kier molecular flexibility index (Phi) is 5.76. The summed E-state index contributed by atoms with van der Waals surface area (Å²) >= 11 is 11.5. The van der Waals surface area contributed by atoms with Crippen molar-refractivity contribution in [3.05, 3.63) is 57.5 Å². The van der Waals surface area contributed by atoms with E-state index < -0.39 is 0 Å². The van der Waals surface area contributed by atoms with Crippen LogP contribution in [0.3, 0.4) is 0 Å². The van der Waals surface area contributed by atoms with Crippen molar-refractivity contribution in [3.8, 4) is 0 Å². The molecule has 0 heterocycles. The summed E-state index contributed by atoms with van der Waals surface area (Å²) in [6.45, 7) is 3.83. The Morgan fingerprint density at radius 1 is 1.21 bits per heavy atom. The van der Waals surface area contributed by atoms with Gasteiger partial charge in [-0.2, -0.15) is 0 Å². The predicted octanol–water partition coefficient (Wildman–Crippen LogP) is 5.36. The molecule has 0 saturated carbocycles. The lowest BCUT2D eigenvalue weighted by atomic mass is 10.2. The van der Waals surface area contributed by atoms with Crippen LogP contribution in [-0.2, 0) is 6.54 Å². The average molecular weight is 357 g/mol. The van der Waals surface area contributed by atoms with Crippen LogP contribution in [0.1, 0.15) is 12.5 Å². The van der Waals surface area contributed by atoms with Gasteiger partial charge in [-0.1, -0.05) is 58.3 Å². The number of hydrogen-bond acceptors (Lipinski definition) is 2. The molecular formula is C15H15BrClNS. The molecule has 2 aromatic carbocycles. The molecule has 100 valence electrons. The van der Waals surface area contributed by atoms with E-state index in [-0.39, 0.29) is 0 Å². The lowest BCUT2D eigenvalue weighted by molar-refractivity contribution is 0.718. The quantitative estimate of drug-likeness (QED) is 0.773. The molecular weight excluding hydrogens is 342 g/mol. The van der Waals surface area contributed by atoms with Gasteiger partial charge >= 0.3 is 0 Å². The van der Waals surface area contributed by atoms with Gasteiger partial charge in [0.05, 0.1) is 0 Å². The number of halogens is 2. The highest BCUT2D eigenvalue weighted by Gasteiger charge is 2.08. The van der Waals surface area contributed by atoms with Gasteiger partial charge in [-0.15, -0.1) is 0 Å². The summed E-state index contributed by atoms with van der Waals surface area (Å²) in [7, 11) is 0. The average Bonchev–Trinajstić information content (AvgIpc) is 2.38. The molecule has 0 amide bonds. The van der Waals surface area contributed by atoms with Crippen LogP contribution in [0, 0.1) is 0 Å². The van der Waals surface area contributed by atoms with Crippen molar-refractivity contribution in [1.82, 2.24) is 5.32 Å². The third-order valence-electron chi connectivity index (χ3n) is 2.65. The largest absolute Gasteiger partial charge is 0.313 e. The van der Waals surface area contributed by atoms with E-state index in [0.717, 1.165) is 28.1 Å². The zero-order valence-corrected chi connectivity index (χ0v) is 13.8. The fourth-order valence-corrected chi connectivity index (χ4v) is 3.60. The van der Waals surface area contributed by atoms with Gasteiger partial charge in [-0.05, 0) is 42.4 Å². The molecule has 2 rings (SSSR count). The van der Waals surface area contributed by atoms with Gasteiger partial charge in [0.25, 0.3) is 0 Å². The highest BCUT2D eigenvalue weighted by Crippen LogP contribution is 2.34. The molecule has 2 aromatic rings. The van der Waals surface area contributed by atoms with E-state index in [2.05, 4.69) is 46.4 Å². The first-order valence-electron chi connectivity index (χ1n) is 6.12. The zero-order valence-electron chi connectivity index (χ0n) is 10.6. The Morgan fingerprint density at radius 3 is 2.74 bits per heavy atom. The first kappa shape index (κ1) is 14.9. The minimum absolute atomic E-state index is 0.798. The van der Waals surface area contributed by atoms with Crippen molar-refractivity contribution in [3.63, 3.8) is 0 Å². The summed E-state index contributed by atoms with van der Waals surface area (Å²) in [6.07, 6.45) is 0. The molecule has 0 atom stereocenters. The second-order valence-corrected chi connectivity index (χ2v) is 6.49. The molecule has 19 heavy (non-hydrogen) atoms. The summed E-state index contributed by atoms with van der Waals surface area (Å²) in [6, 6.07) is 14.3. The topological polar surface area (TPSA) is 12.0 Å². The molecule has 0 aliphatic heterocycles. The highest BCUT2D eigenvalue weighted by molar-refractivity contribution is 9.10. The van der Waals surface area contributed by atoms with Gasteiger partial charge in [0.2, 0.25) is 0 Å². The van der Waals surface area contributed by atoms with Gasteiger partial charge in [0.15, 0.2) is 0 Å². The summed E-state index contributed by atoms with van der Waals surface area (Å²) in [5.74, 6) is 0. The number of hydrogen-bond donors (Lipinski definition) is 1. The maximum atomic E-state index is 6.30. The van der Waals surface area contributed by atoms with Crippen LogP contribution in [0.4, 0.5) is 0 Å². The summed E-state index contributed by atoms with van der Waals surface area (Å²) in [5, 5.41) is 4.16. The number of benzene rings is 2. The SMILES string of the molecule is CCNCc1c(Cl)cccc1Sc1cccc(Br)c1. The van der Waals surface area contributed by atoms with Crippen LogP contribution in [0.25, 0.3) is 0 Å². The Hall–Kier alpha value is -0.480. The highest BCUT2D eigenvalue weighted by atomic mass is 79.9. The number of nitrogens with one attached hydrogen (secondary N) is 1. The van der Waals surface area contributed by atoms with Crippen LogP contribution in [0.2, 0.25) is 5.02 Å². The zero-order chi connectivity index (χ0) is 13.7. The van der Waals surface area contributed by atoms with E-state index >= 15 is 0 Å². The maximum Gasteiger partial charge on any atom is 0.0462 e. The van der Waals surface area contributed by atoms with E-state index in [4.69, 9.17) is 11.6 Å². The fraction of sp³-hybridized carbons (Fsp3) is 0.200. The molecule has 0 unspecified atom stereocenters. The third kappa shape index (κ3) is 4.25. The standard InChI is InChI=1S/C15H15BrClNS/c1-2-18-10-13-14(17)7-4-8-15(13)19-12-6-3-5-11(16)9-12/h3-9,18H,2,10H2,1H3. The lowest BCUT2D eigenvalue weighted by Crippen LogP contribution is -2.12. The van der Waals surface area contributed by atoms with Gasteiger partial charge in [0, 0.05) is 25.8 Å². The summed E-state index contributed by atoms with van der Waals surface area (Å²) in [4.78, 5) is 2.40. The molecule has 0 aliphatic rings. The number of rotatable bonds is 5. The van der Waals surface area contributed by atoms with Gasteiger partial charge in [0.1, 0.15) is 0 Å². The minimum Gasteiger partial charge on any atom is -0.313 e. The van der Waals surface area contributed by atoms with Crippen LogP contribution in [0.5, 0.6) is 0 Å². The van der Waals surface area contributed by atoms with Gasteiger partial charge in [-0.3, -0.25) is 0 Å². The molecule has 0 aliphatic carbocycles.